The van der Waals surface area contributed by atoms with Gasteiger partial charge in [-0.15, -0.1) is 0 Å². The van der Waals surface area contributed by atoms with Gasteiger partial charge in [0.1, 0.15) is 17.9 Å². The van der Waals surface area contributed by atoms with E-state index in [4.69, 9.17) is 9.15 Å². The van der Waals surface area contributed by atoms with Crippen LogP contribution in [0.5, 0.6) is 5.75 Å². The van der Waals surface area contributed by atoms with Crippen LogP contribution in [0.3, 0.4) is 0 Å². The van der Waals surface area contributed by atoms with Crippen molar-refractivity contribution < 1.29 is 23.8 Å². The van der Waals surface area contributed by atoms with Crippen molar-refractivity contribution in [1.82, 2.24) is 4.90 Å². The molecule has 28 heavy (non-hydrogen) atoms. The quantitative estimate of drug-likeness (QED) is 0.726. The number of carbonyl (C=O) groups excluding carboxylic acids is 1. The monoisotopic (exact) mass is 379 g/mol. The molecule has 0 aliphatic carbocycles. The lowest BCUT2D eigenvalue weighted by Crippen LogP contribution is -2.42. The van der Waals surface area contributed by atoms with Crippen LogP contribution in [-0.4, -0.2) is 35.0 Å². The van der Waals surface area contributed by atoms with Gasteiger partial charge in [0.25, 0.3) is 5.91 Å². The van der Waals surface area contributed by atoms with Gasteiger partial charge in [-0.1, -0.05) is 36.4 Å². The number of rotatable bonds is 5. The fraction of sp³-hybridized carbons (Fsp3) is 0.273. The van der Waals surface area contributed by atoms with Gasteiger partial charge in [0.15, 0.2) is 5.76 Å². The van der Waals surface area contributed by atoms with Crippen molar-refractivity contribution in [2.24, 2.45) is 5.92 Å². The van der Waals surface area contributed by atoms with Gasteiger partial charge in [-0.2, -0.15) is 0 Å². The van der Waals surface area contributed by atoms with Crippen molar-refractivity contribution in [2.45, 2.75) is 19.4 Å². The van der Waals surface area contributed by atoms with Crippen LogP contribution in [0.2, 0.25) is 0 Å². The third-order valence-electron chi connectivity index (χ3n) is 5.08. The van der Waals surface area contributed by atoms with Gasteiger partial charge >= 0.3 is 5.97 Å². The molecule has 1 fully saturated rings. The minimum atomic E-state index is -0.866. The van der Waals surface area contributed by atoms with Crippen molar-refractivity contribution in [1.29, 1.82) is 0 Å². The van der Waals surface area contributed by atoms with Crippen LogP contribution in [0, 0.1) is 5.92 Å². The van der Waals surface area contributed by atoms with Gasteiger partial charge in [0.2, 0.25) is 0 Å². The summed E-state index contributed by atoms with van der Waals surface area (Å²) in [6, 6.07) is 16.8. The van der Waals surface area contributed by atoms with Crippen molar-refractivity contribution in [3.8, 4) is 5.75 Å². The third-order valence-corrected chi connectivity index (χ3v) is 5.08. The van der Waals surface area contributed by atoms with Gasteiger partial charge in [0, 0.05) is 24.0 Å². The zero-order valence-electron chi connectivity index (χ0n) is 15.3. The maximum Gasteiger partial charge on any atom is 0.308 e. The second kappa shape index (κ2) is 7.76. The molecule has 1 unspecified atom stereocenters. The maximum atomic E-state index is 13.2. The Labute approximate surface area is 162 Å². The molecule has 6 nitrogen and oxygen atoms in total. The first-order chi connectivity index (χ1) is 13.6. The van der Waals surface area contributed by atoms with Gasteiger partial charge in [-0.05, 0) is 31.0 Å². The number of furan rings is 1. The summed E-state index contributed by atoms with van der Waals surface area (Å²) >= 11 is 0. The number of para-hydroxylation sites is 2. The average molecular weight is 379 g/mol. The Kier molecular flexibility index (Phi) is 5.02. The van der Waals surface area contributed by atoms with Crippen LogP contribution in [-0.2, 0) is 11.4 Å². The first-order valence-corrected chi connectivity index (χ1v) is 9.34. The predicted octanol–water partition coefficient (Wildman–Crippen LogP) is 3.95. The molecule has 1 atom stereocenters. The van der Waals surface area contributed by atoms with Gasteiger partial charge in [-0.25, -0.2) is 0 Å². The summed E-state index contributed by atoms with van der Waals surface area (Å²) in [7, 11) is 0. The van der Waals surface area contributed by atoms with Gasteiger partial charge in [-0.3, -0.25) is 9.59 Å². The van der Waals surface area contributed by atoms with E-state index in [2.05, 4.69) is 0 Å². The van der Waals surface area contributed by atoms with Crippen LogP contribution >= 0.6 is 0 Å². The number of aliphatic carboxylic acids is 1. The van der Waals surface area contributed by atoms with Crippen LogP contribution in [0.25, 0.3) is 11.0 Å². The molecule has 0 radical (unpaired) electrons. The molecule has 3 aromatic rings. The summed E-state index contributed by atoms with van der Waals surface area (Å²) in [6.07, 6.45) is 1.25. The number of benzene rings is 2. The van der Waals surface area contributed by atoms with E-state index in [-0.39, 0.29) is 24.8 Å². The van der Waals surface area contributed by atoms with E-state index in [0.717, 1.165) is 5.39 Å². The van der Waals surface area contributed by atoms with Crippen LogP contribution < -0.4 is 4.74 Å². The molecule has 4 rings (SSSR count). The summed E-state index contributed by atoms with van der Waals surface area (Å²) < 4.78 is 11.8. The van der Waals surface area contributed by atoms with E-state index in [0.29, 0.717) is 36.3 Å². The van der Waals surface area contributed by atoms with Crippen molar-refractivity contribution in [2.75, 3.05) is 13.1 Å². The topological polar surface area (TPSA) is 80.0 Å². The van der Waals surface area contributed by atoms with Crippen molar-refractivity contribution in [3.63, 3.8) is 0 Å². The second-order valence-electron chi connectivity index (χ2n) is 6.94. The lowest BCUT2D eigenvalue weighted by atomic mass is 9.98. The summed E-state index contributed by atoms with van der Waals surface area (Å²) in [4.78, 5) is 26.1. The highest BCUT2D eigenvalue weighted by atomic mass is 16.5. The van der Waals surface area contributed by atoms with E-state index in [1.807, 2.05) is 54.6 Å². The number of carboxylic acid groups (broad SMARTS) is 1. The summed E-state index contributed by atoms with van der Waals surface area (Å²) in [6.45, 7) is 0.918. The summed E-state index contributed by atoms with van der Waals surface area (Å²) in [5, 5.41) is 10.1. The Morgan fingerprint density at radius 3 is 2.64 bits per heavy atom. The molecule has 144 valence electrons. The van der Waals surface area contributed by atoms with E-state index >= 15 is 0 Å². The Hall–Kier alpha value is -3.28. The van der Waals surface area contributed by atoms with Crippen molar-refractivity contribution in [3.05, 3.63) is 65.9 Å². The number of ether oxygens (including phenoxy) is 1. The number of likely N-dealkylation sites (tertiary alicyclic amines) is 1. The molecular formula is C22H21NO5. The molecule has 0 bridgehead atoms. The Bertz CT molecular complexity index is 995. The lowest BCUT2D eigenvalue weighted by molar-refractivity contribution is -0.143. The van der Waals surface area contributed by atoms with E-state index in [1.54, 1.807) is 4.90 Å². The fourth-order valence-corrected chi connectivity index (χ4v) is 3.59. The van der Waals surface area contributed by atoms with Crippen LogP contribution in [0.4, 0.5) is 0 Å². The maximum absolute atomic E-state index is 13.2. The van der Waals surface area contributed by atoms with Gasteiger partial charge < -0.3 is 19.2 Å². The van der Waals surface area contributed by atoms with Crippen molar-refractivity contribution >= 4 is 22.8 Å². The SMILES string of the molecule is O=C(O)C1CCCN(C(=O)c2oc3ccccc3c2COc2ccccc2)C1. The zero-order chi connectivity index (χ0) is 19.5. The normalized spacial score (nSPS) is 16.9. The van der Waals surface area contributed by atoms with E-state index in [1.165, 1.54) is 0 Å². The second-order valence-corrected chi connectivity index (χ2v) is 6.94. The van der Waals surface area contributed by atoms with E-state index in [9.17, 15) is 14.7 Å². The fourth-order valence-electron chi connectivity index (χ4n) is 3.59. The number of fused-ring (bicyclic) bond motifs is 1. The molecule has 1 saturated heterocycles. The molecule has 1 aliphatic heterocycles. The zero-order valence-corrected chi connectivity index (χ0v) is 15.3. The highest BCUT2D eigenvalue weighted by Gasteiger charge is 2.32. The number of carbonyl (C=O) groups is 2. The predicted molar refractivity (Wildman–Crippen MR) is 103 cm³/mol. The first kappa shape index (κ1) is 18.1. The Morgan fingerprint density at radius 2 is 1.86 bits per heavy atom. The molecular weight excluding hydrogens is 358 g/mol. The minimum Gasteiger partial charge on any atom is -0.489 e. The molecule has 2 aromatic carbocycles. The lowest BCUT2D eigenvalue weighted by Gasteiger charge is -2.30. The number of nitrogens with zero attached hydrogens (tertiary/aromatic N) is 1. The smallest absolute Gasteiger partial charge is 0.308 e. The molecule has 1 aromatic heterocycles. The van der Waals surface area contributed by atoms with Crippen LogP contribution in [0.15, 0.2) is 59.0 Å². The van der Waals surface area contributed by atoms with Crippen LogP contribution in [0.1, 0.15) is 29.0 Å². The Morgan fingerprint density at radius 1 is 1.11 bits per heavy atom. The third kappa shape index (κ3) is 3.58. The standard InChI is InChI=1S/C22H21NO5/c24-21(23-12-6-7-15(13-23)22(25)26)20-18(14-27-16-8-2-1-3-9-16)17-10-4-5-11-19(17)28-20/h1-5,8-11,15H,6-7,12-14H2,(H,25,26). The molecule has 1 amide bonds. The highest BCUT2D eigenvalue weighted by Crippen LogP contribution is 2.29. The molecule has 0 spiro atoms. The average Bonchev–Trinajstić information content (AvgIpc) is 3.11. The molecule has 2 heterocycles. The number of hydrogen-bond acceptors (Lipinski definition) is 4. The molecule has 6 heteroatoms. The van der Waals surface area contributed by atoms with E-state index < -0.39 is 11.9 Å². The highest BCUT2D eigenvalue weighted by molar-refractivity contribution is 5.99. The van der Waals surface area contributed by atoms with Gasteiger partial charge in [0.05, 0.1) is 5.92 Å². The largest absolute Gasteiger partial charge is 0.489 e. The first-order valence-electron chi connectivity index (χ1n) is 9.34. The number of carboxylic acids is 1. The molecule has 1 aliphatic rings. The number of hydrogen-bond donors (Lipinski definition) is 1. The molecule has 1 N–H and O–H groups in total. The Balaban J connectivity index is 1.64. The summed E-state index contributed by atoms with van der Waals surface area (Å²) in [5.74, 6) is -0.757. The summed E-state index contributed by atoms with van der Waals surface area (Å²) in [5.41, 5.74) is 1.30. The molecule has 0 saturated carbocycles. The number of piperidine rings is 1. The minimum absolute atomic E-state index is 0.193. The number of amides is 1.